The Kier molecular flexibility index (Phi) is 4.79. The number of cyclic esters (lactones) is 1. The third-order valence-corrected chi connectivity index (χ3v) is 3.99. The number of imide groups is 1. The van der Waals surface area contributed by atoms with E-state index < -0.39 is 6.09 Å². The topological polar surface area (TPSA) is 75.7 Å². The first-order valence-electron chi connectivity index (χ1n) is 7.97. The zero-order chi connectivity index (χ0) is 17.8. The summed E-state index contributed by atoms with van der Waals surface area (Å²) in [7, 11) is 0. The first kappa shape index (κ1) is 16.7. The SMILES string of the molecule is Cc1ccc(-c2ccc(C(=O)NCCN3C(=O)COC3=O)cc2)cc1. The Morgan fingerprint density at radius 3 is 2.20 bits per heavy atom. The normalized spacial score (nSPS) is 13.7. The molecule has 0 atom stereocenters. The summed E-state index contributed by atoms with van der Waals surface area (Å²) in [4.78, 5) is 35.8. The maximum absolute atomic E-state index is 12.1. The Labute approximate surface area is 145 Å². The molecule has 6 nitrogen and oxygen atoms in total. The van der Waals surface area contributed by atoms with Gasteiger partial charge in [0.25, 0.3) is 11.8 Å². The number of hydrogen-bond acceptors (Lipinski definition) is 4. The summed E-state index contributed by atoms with van der Waals surface area (Å²) >= 11 is 0. The van der Waals surface area contributed by atoms with Gasteiger partial charge < -0.3 is 10.1 Å². The number of nitrogens with zero attached hydrogens (tertiary/aromatic N) is 1. The second kappa shape index (κ2) is 7.17. The Morgan fingerprint density at radius 2 is 1.64 bits per heavy atom. The number of carbonyl (C=O) groups excluding carboxylic acids is 3. The van der Waals surface area contributed by atoms with Crippen LogP contribution < -0.4 is 5.32 Å². The fraction of sp³-hybridized carbons (Fsp3) is 0.211. The molecule has 0 aliphatic carbocycles. The van der Waals surface area contributed by atoms with E-state index in [0.717, 1.165) is 16.0 Å². The van der Waals surface area contributed by atoms with E-state index in [1.807, 2.05) is 43.3 Å². The van der Waals surface area contributed by atoms with Crippen LogP contribution in [0.1, 0.15) is 15.9 Å². The quantitative estimate of drug-likeness (QED) is 0.908. The summed E-state index contributed by atoms with van der Waals surface area (Å²) in [6.07, 6.45) is -0.665. The Balaban J connectivity index is 1.56. The molecule has 6 heteroatoms. The predicted molar refractivity (Wildman–Crippen MR) is 92.0 cm³/mol. The zero-order valence-electron chi connectivity index (χ0n) is 13.8. The Bertz CT molecular complexity index is 781. The van der Waals surface area contributed by atoms with Crippen molar-refractivity contribution >= 4 is 17.9 Å². The van der Waals surface area contributed by atoms with Gasteiger partial charge in [-0.25, -0.2) is 9.69 Å². The van der Waals surface area contributed by atoms with Gasteiger partial charge in [-0.05, 0) is 30.2 Å². The minimum atomic E-state index is -0.665. The largest absolute Gasteiger partial charge is 0.439 e. The molecule has 3 rings (SSSR count). The second-order valence-corrected chi connectivity index (χ2v) is 5.80. The van der Waals surface area contributed by atoms with Crippen LogP contribution in [0.4, 0.5) is 4.79 Å². The lowest BCUT2D eigenvalue weighted by Crippen LogP contribution is -2.37. The molecule has 0 unspecified atom stereocenters. The lowest BCUT2D eigenvalue weighted by molar-refractivity contribution is -0.125. The fourth-order valence-corrected chi connectivity index (χ4v) is 2.54. The number of carbonyl (C=O) groups is 3. The van der Waals surface area contributed by atoms with E-state index in [2.05, 4.69) is 10.1 Å². The second-order valence-electron chi connectivity index (χ2n) is 5.80. The first-order chi connectivity index (χ1) is 12.0. The molecule has 0 aromatic heterocycles. The van der Waals surface area contributed by atoms with Crippen molar-refractivity contribution in [1.29, 1.82) is 0 Å². The highest BCUT2D eigenvalue weighted by Gasteiger charge is 2.30. The molecular weight excluding hydrogens is 320 g/mol. The fourth-order valence-electron chi connectivity index (χ4n) is 2.54. The van der Waals surface area contributed by atoms with Gasteiger partial charge in [0.15, 0.2) is 6.61 Å². The van der Waals surface area contributed by atoms with Gasteiger partial charge in [-0.1, -0.05) is 42.0 Å². The molecule has 0 saturated carbocycles. The molecule has 2 aromatic carbocycles. The molecule has 1 fully saturated rings. The standard InChI is InChI=1S/C19H18N2O4/c1-13-2-4-14(5-3-13)15-6-8-16(9-7-15)18(23)20-10-11-21-17(22)12-25-19(21)24/h2-9H,10-12H2,1H3,(H,20,23). The predicted octanol–water partition coefficient (Wildman–Crippen LogP) is 2.37. The van der Waals surface area contributed by atoms with Crippen LogP contribution in [0.25, 0.3) is 11.1 Å². The van der Waals surface area contributed by atoms with E-state index in [4.69, 9.17) is 0 Å². The van der Waals surface area contributed by atoms with Gasteiger partial charge in [0.2, 0.25) is 0 Å². The highest BCUT2D eigenvalue weighted by molar-refractivity contribution is 5.98. The van der Waals surface area contributed by atoms with Crippen LogP contribution >= 0.6 is 0 Å². The Morgan fingerprint density at radius 1 is 1.04 bits per heavy atom. The molecule has 3 amide bonds. The van der Waals surface area contributed by atoms with E-state index in [0.29, 0.717) is 5.56 Å². The molecule has 1 heterocycles. The van der Waals surface area contributed by atoms with Crippen LogP contribution in [0.3, 0.4) is 0 Å². The summed E-state index contributed by atoms with van der Waals surface area (Å²) < 4.78 is 4.61. The highest BCUT2D eigenvalue weighted by atomic mass is 16.6. The van der Waals surface area contributed by atoms with Crippen LogP contribution in [0, 0.1) is 6.92 Å². The van der Waals surface area contributed by atoms with Crippen LogP contribution in [-0.4, -0.2) is 42.5 Å². The highest BCUT2D eigenvalue weighted by Crippen LogP contribution is 2.20. The van der Waals surface area contributed by atoms with Crippen LogP contribution in [0.5, 0.6) is 0 Å². The third kappa shape index (κ3) is 3.85. The number of nitrogens with one attached hydrogen (secondary N) is 1. The maximum atomic E-state index is 12.1. The first-order valence-corrected chi connectivity index (χ1v) is 7.97. The van der Waals surface area contributed by atoms with Crippen LogP contribution in [0.2, 0.25) is 0 Å². The molecule has 1 N–H and O–H groups in total. The minimum Gasteiger partial charge on any atom is -0.439 e. The summed E-state index contributed by atoms with van der Waals surface area (Å²) in [5.41, 5.74) is 3.83. The smallest absolute Gasteiger partial charge is 0.417 e. The number of rotatable bonds is 5. The van der Waals surface area contributed by atoms with Gasteiger partial charge in [0.1, 0.15) is 0 Å². The number of aryl methyl sites for hydroxylation is 1. The van der Waals surface area contributed by atoms with Gasteiger partial charge >= 0.3 is 6.09 Å². The van der Waals surface area contributed by atoms with Gasteiger partial charge in [-0.3, -0.25) is 9.59 Å². The molecule has 1 saturated heterocycles. The zero-order valence-corrected chi connectivity index (χ0v) is 13.8. The van der Waals surface area contributed by atoms with Crippen LogP contribution in [0.15, 0.2) is 48.5 Å². The molecule has 0 spiro atoms. The number of amides is 3. The van der Waals surface area contributed by atoms with E-state index in [-0.39, 0.29) is 31.5 Å². The van der Waals surface area contributed by atoms with E-state index in [1.54, 1.807) is 12.1 Å². The van der Waals surface area contributed by atoms with E-state index >= 15 is 0 Å². The summed E-state index contributed by atoms with van der Waals surface area (Å²) in [5.74, 6) is -0.642. The molecule has 1 aliphatic heterocycles. The Hall–Kier alpha value is -3.15. The van der Waals surface area contributed by atoms with Crippen molar-refractivity contribution in [2.75, 3.05) is 19.7 Å². The van der Waals surface area contributed by atoms with Crippen molar-refractivity contribution in [3.05, 3.63) is 59.7 Å². The molecule has 0 radical (unpaired) electrons. The summed E-state index contributed by atoms with van der Waals surface area (Å²) in [6, 6.07) is 15.4. The van der Waals surface area contributed by atoms with Crippen LogP contribution in [-0.2, 0) is 9.53 Å². The molecule has 128 valence electrons. The van der Waals surface area contributed by atoms with Gasteiger partial charge in [-0.2, -0.15) is 0 Å². The lowest BCUT2D eigenvalue weighted by atomic mass is 10.0. The molecule has 0 bridgehead atoms. The maximum Gasteiger partial charge on any atom is 0.417 e. The molecule has 2 aromatic rings. The van der Waals surface area contributed by atoms with E-state index in [1.165, 1.54) is 5.56 Å². The van der Waals surface area contributed by atoms with E-state index in [9.17, 15) is 14.4 Å². The van der Waals surface area contributed by atoms with Gasteiger partial charge in [0.05, 0.1) is 0 Å². The van der Waals surface area contributed by atoms with Crippen molar-refractivity contribution in [2.24, 2.45) is 0 Å². The summed E-state index contributed by atoms with van der Waals surface area (Å²) in [6.45, 7) is 2.09. The van der Waals surface area contributed by atoms with Gasteiger partial charge in [0, 0.05) is 18.7 Å². The van der Waals surface area contributed by atoms with Crippen molar-refractivity contribution in [3.63, 3.8) is 0 Å². The molecule has 25 heavy (non-hydrogen) atoms. The molecular formula is C19H18N2O4. The lowest BCUT2D eigenvalue weighted by Gasteiger charge is -2.11. The van der Waals surface area contributed by atoms with Crippen molar-refractivity contribution in [2.45, 2.75) is 6.92 Å². The summed E-state index contributed by atoms with van der Waals surface area (Å²) in [5, 5.41) is 2.69. The average molecular weight is 338 g/mol. The molecule has 1 aliphatic rings. The number of ether oxygens (including phenoxy) is 1. The minimum absolute atomic E-state index is 0.102. The number of hydrogen-bond donors (Lipinski definition) is 1. The van der Waals surface area contributed by atoms with Gasteiger partial charge in [-0.15, -0.1) is 0 Å². The average Bonchev–Trinajstić information content (AvgIpc) is 2.94. The number of benzene rings is 2. The van der Waals surface area contributed by atoms with Crippen molar-refractivity contribution in [3.8, 4) is 11.1 Å². The third-order valence-electron chi connectivity index (χ3n) is 3.99. The van der Waals surface area contributed by atoms with Crippen molar-refractivity contribution < 1.29 is 19.1 Å². The monoisotopic (exact) mass is 338 g/mol. The van der Waals surface area contributed by atoms with Crippen molar-refractivity contribution in [1.82, 2.24) is 10.2 Å².